The van der Waals surface area contributed by atoms with Crippen molar-refractivity contribution in [2.24, 2.45) is 17.3 Å². The van der Waals surface area contributed by atoms with Gasteiger partial charge in [0.2, 0.25) is 0 Å². The van der Waals surface area contributed by atoms with E-state index in [1.807, 2.05) is 0 Å². The number of aliphatic hydroxyl groups is 1. The molecule has 1 unspecified atom stereocenters. The van der Waals surface area contributed by atoms with E-state index in [1.165, 1.54) is 6.26 Å². The van der Waals surface area contributed by atoms with Gasteiger partial charge in [-0.05, 0) is 49.4 Å². The molecule has 0 spiro atoms. The Kier molecular flexibility index (Phi) is 5.24. The van der Waals surface area contributed by atoms with Crippen LogP contribution in [0.3, 0.4) is 0 Å². The summed E-state index contributed by atoms with van der Waals surface area (Å²) >= 11 is 0. The van der Waals surface area contributed by atoms with Crippen LogP contribution in [0.1, 0.15) is 52.9 Å². The summed E-state index contributed by atoms with van der Waals surface area (Å²) in [5.74, 6) is 1.13. The highest BCUT2D eigenvalue weighted by molar-refractivity contribution is 7.90. The summed E-state index contributed by atoms with van der Waals surface area (Å²) in [6.45, 7) is 6.83. The SMILES string of the molecule is CC(C)(C)C1CCC(C(O)CCS(C)(=O)=O)CC1. The molecule has 1 N–H and O–H groups in total. The van der Waals surface area contributed by atoms with E-state index in [-0.39, 0.29) is 5.75 Å². The summed E-state index contributed by atoms with van der Waals surface area (Å²) < 4.78 is 22.2. The average molecular weight is 276 g/mol. The molecular weight excluding hydrogens is 248 g/mol. The van der Waals surface area contributed by atoms with Crippen molar-refractivity contribution in [1.29, 1.82) is 0 Å². The molecular formula is C14H28O3S. The molecule has 0 heterocycles. The van der Waals surface area contributed by atoms with Crippen molar-refractivity contribution >= 4 is 9.84 Å². The molecule has 1 saturated carbocycles. The lowest BCUT2D eigenvalue weighted by Crippen LogP contribution is -2.31. The van der Waals surface area contributed by atoms with E-state index in [0.29, 0.717) is 17.8 Å². The maximum atomic E-state index is 11.1. The molecule has 0 saturated heterocycles. The van der Waals surface area contributed by atoms with Gasteiger partial charge in [0.05, 0.1) is 11.9 Å². The Bertz CT molecular complexity index is 346. The van der Waals surface area contributed by atoms with Crippen LogP contribution in [0.15, 0.2) is 0 Å². The topological polar surface area (TPSA) is 54.4 Å². The summed E-state index contributed by atoms with van der Waals surface area (Å²) in [6.07, 6.45) is 5.56. The fraction of sp³-hybridized carbons (Fsp3) is 1.00. The lowest BCUT2D eigenvalue weighted by atomic mass is 9.69. The molecule has 4 heteroatoms. The minimum absolute atomic E-state index is 0.105. The van der Waals surface area contributed by atoms with Crippen molar-refractivity contribution in [2.45, 2.75) is 59.0 Å². The van der Waals surface area contributed by atoms with Crippen LogP contribution in [0.5, 0.6) is 0 Å². The van der Waals surface area contributed by atoms with Gasteiger partial charge in [0.15, 0.2) is 0 Å². The largest absolute Gasteiger partial charge is 0.393 e. The summed E-state index contributed by atoms with van der Waals surface area (Å²) in [4.78, 5) is 0. The standard InChI is InChI=1S/C14H28O3S/c1-14(2,3)12-7-5-11(6-8-12)13(15)9-10-18(4,16)17/h11-13,15H,5-10H2,1-4H3. The number of aliphatic hydroxyl groups excluding tert-OH is 1. The maximum Gasteiger partial charge on any atom is 0.147 e. The van der Waals surface area contributed by atoms with Crippen molar-refractivity contribution in [3.8, 4) is 0 Å². The molecule has 0 radical (unpaired) electrons. The Balaban J connectivity index is 2.39. The summed E-state index contributed by atoms with van der Waals surface area (Å²) in [5, 5.41) is 10.1. The van der Waals surface area contributed by atoms with Crippen LogP contribution in [-0.4, -0.2) is 31.6 Å². The van der Waals surface area contributed by atoms with Gasteiger partial charge in [-0.2, -0.15) is 0 Å². The molecule has 1 atom stereocenters. The van der Waals surface area contributed by atoms with Crippen LogP contribution >= 0.6 is 0 Å². The molecule has 3 nitrogen and oxygen atoms in total. The number of hydrogen-bond donors (Lipinski definition) is 1. The molecule has 0 aliphatic heterocycles. The van der Waals surface area contributed by atoms with Crippen LogP contribution < -0.4 is 0 Å². The van der Waals surface area contributed by atoms with E-state index in [2.05, 4.69) is 20.8 Å². The predicted molar refractivity (Wildman–Crippen MR) is 75.2 cm³/mol. The zero-order valence-electron chi connectivity index (χ0n) is 12.1. The zero-order valence-corrected chi connectivity index (χ0v) is 13.0. The second-order valence-electron chi connectivity index (χ2n) is 6.96. The van der Waals surface area contributed by atoms with Gasteiger partial charge in [0.1, 0.15) is 9.84 Å². The lowest BCUT2D eigenvalue weighted by molar-refractivity contribution is 0.0517. The summed E-state index contributed by atoms with van der Waals surface area (Å²) in [6, 6.07) is 0. The monoisotopic (exact) mass is 276 g/mol. The van der Waals surface area contributed by atoms with E-state index >= 15 is 0 Å². The van der Waals surface area contributed by atoms with Gasteiger partial charge in [-0.1, -0.05) is 20.8 Å². The summed E-state index contributed by atoms with van der Waals surface area (Å²) in [5.41, 5.74) is 0.350. The van der Waals surface area contributed by atoms with E-state index in [1.54, 1.807) is 0 Å². The third-order valence-corrected chi connectivity index (χ3v) is 5.30. The molecule has 1 rings (SSSR count). The fourth-order valence-corrected chi connectivity index (χ4v) is 3.61. The first-order chi connectivity index (χ1) is 8.09. The number of hydrogen-bond acceptors (Lipinski definition) is 3. The minimum atomic E-state index is -2.95. The van der Waals surface area contributed by atoms with E-state index in [0.717, 1.165) is 31.6 Å². The van der Waals surface area contributed by atoms with Crippen LogP contribution in [0, 0.1) is 17.3 Å². The third kappa shape index (κ3) is 5.27. The van der Waals surface area contributed by atoms with Crippen molar-refractivity contribution in [3.05, 3.63) is 0 Å². The first-order valence-corrected chi connectivity index (χ1v) is 9.01. The van der Waals surface area contributed by atoms with Crippen LogP contribution in [0.25, 0.3) is 0 Å². The van der Waals surface area contributed by atoms with Crippen molar-refractivity contribution in [2.75, 3.05) is 12.0 Å². The van der Waals surface area contributed by atoms with Gasteiger partial charge in [0, 0.05) is 6.26 Å². The van der Waals surface area contributed by atoms with Crippen LogP contribution in [0.2, 0.25) is 0 Å². The highest BCUT2D eigenvalue weighted by Crippen LogP contribution is 2.40. The molecule has 0 bridgehead atoms. The molecule has 0 aromatic heterocycles. The number of sulfone groups is 1. The van der Waals surface area contributed by atoms with Crippen LogP contribution in [-0.2, 0) is 9.84 Å². The average Bonchev–Trinajstić information content (AvgIpc) is 2.24. The first kappa shape index (κ1) is 16.0. The van der Waals surface area contributed by atoms with Crippen molar-refractivity contribution in [1.82, 2.24) is 0 Å². The molecule has 1 fully saturated rings. The highest BCUT2D eigenvalue weighted by Gasteiger charge is 2.32. The van der Waals surface area contributed by atoms with Gasteiger partial charge in [-0.25, -0.2) is 8.42 Å². The van der Waals surface area contributed by atoms with Gasteiger partial charge >= 0.3 is 0 Å². The Morgan fingerprint density at radius 1 is 1.17 bits per heavy atom. The molecule has 18 heavy (non-hydrogen) atoms. The normalized spacial score (nSPS) is 28.1. The predicted octanol–water partition coefficient (Wildman–Crippen LogP) is 2.63. The molecule has 0 amide bonds. The molecule has 1 aliphatic rings. The lowest BCUT2D eigenvalue weighted by Gasteiger charge is -2.38. The zero-order chi connectivity index (χ0) is 14.0. The fourth-order valence-electron chi connectivity index (χ4n) is 2.94. The van der Waals surface area contributed by atoms with Crippen molar-refractivity contribution < 1.29 is 13.5 Å². The third-order valence-electron chi connectivity index (χ3n) is 4.33. The molecule has 108 valence electrons. The van der Waals surface area contributed by atoms with Crippen LogP contribution in [0.4, 0.5) is 0 Å². The van der Waals surface area contributed by atoms with Gasteiger partial charge in [0.25, 0.3) is 0 Å². The molecule has 1 aliphatic carbocycles. The van der Waals surface area contributed by atoms with Crippen molar-refractivity contribution in [3.63, 3.8) is 0 Å². The van der Waals surface area contributed by atoms with E-state index < -0.39 is 15.9 Å². The highest BCUT2D eigenvalue weighted by atomic mass is 32.2. The van der Waals surface area contributed by atoms with Gasteiger partial charge in [-0.3, -0.25) is 0 Å². The van der Waals surface area contributed by atoms with Gasteiger partial charge in [-0.15, -0.1) is 0 Å². The van der Waals surface area contributed by atoms with E-state index in [4.69, 9.17) is 0 Å². The van der Waals surface area contributed by atoms with Gasteiger partial charge < -0.3 is 5.11 Å². The summed E-state index contributed by atoms with van der Waals surface area (Å²) in [7, 11) is -2.95. The number of rotatable bonds is 4. The van der Waals surface area contributed by atoms with E-state index in [9.17, 15) is 13.5 Å². The first-order valence-electron chi connectivity index (χ1n) is 6.95. The quantitative estimate of drug-likeness (QED) is 0.859. The Labute approximate surface area is 112 Å². The minimum Gasteiger partial charge on any atom is -0.393 e. The second kappa shape index (κ2) is 5.91. The Morgan fingerprint density at radius 3 is 2.06 bits per heavy atom. The second-order valence-corrected chi connectivity index (χ2v) is 9.22. The molecule has 0 aromatic rings. The smallest absolute Gasteiger partial charge is 0.147 e. The molecule has 0 aromatic carbocycles. The Hall–Kier alpha value is -0.0900. The Morgan fingerprint density at radius 2 is 1.67 bits per heavy atom. The maximum absolute atomic E-state index is 11.1.